The van der Waals surface area contributed by atoms with Crippen LogP contribution in [-0.2, 0) is 0 Å². The fraction of sp³-hybridized carbons (Fsp3) is 0.562. The Hall–Kier alpha value is -1.71. The maximum absolute atomic E-state index is 11.4. The molecule has 110 valence electrons. The summed E-state index contributed by atoms with van der Waals surface area (Å²) < 4.78 is 5.25. The van der Waals surface area contributed by atoms with Gasteiger partial charge in [-0.2, -0.15) is 0 Å². The third kappa shape index (κ3) is 3.44. The van der Waals surface area contributed by atoms with Gasteiger partial charge in [-0.3, -0.25) is 0 Å². The number of nitrogens with zero attached hydrogens (tertiary/aromatic N) is 1. The Balaban J connectivity index is 2.32. The molecule has 0 bridgehead atoms. The van der Waals surface area contributed by atoms with E-state index in [9.17, 15) is 9.90 Å². The molecule has 0 aromatic heterocycles. The van der Waals surface area contributed by atoms with Gasteiger partial charge >= 0.3 is 5.97 Å². The molecular formula is C16H23NO3. The van der Waals surface area contributed by atoms with Crippen molar-refractivity contribution in [3.8, 4) is 5.75 Å². The molecule has 1 fully saturated rings. The van der Waals surface area contributed by atoms with E-state index >= 15 is 0 Å². The Morgan fingerprint density at radius 1 is 1.45 bits per heavy atom. The van der Waals surface area contributed by atoms with E-state index in [1.807, 2.05) is 6.07 Å². The highest BCUT2D eigenvalue weighted by atomic mass is 16.5. The fourth-order valence-electron chi connectivity index (χ4n) is 2.34. The molecule has 1 aromatic carbocycles. The van der Waals surface area contributed by atoms with Gasteiger partial charge in [0.2, 0.25) is 0 Å². The Morgan fingerprint density at radius 2 is 2.15 bits per heavy atom. The normalized spacial score (nSPS) is 14.4. The summed E-state index contributed by atoms with van der Waals surface area (Å²) in [5, 5.41) is 9.39. The van der Waals surface area contributed by atoms with E-state index in [-0.39, 0.29) is 0 Å². The summed E-state index contributed by atoms with van der Waals surface area (Å²) in [4.78, 5) is 13.7. The maximum atomic E-state index is 11.4. The number of methoxy groups -OCH3 is 1. The molecule has 0 radical (unpaired) electrons. The van der Waals surface area contributed by atoms with E-state index in [0.717, 1.165) is 31.5 Å². The largest absolute Gasteiger partial charge is 0.497 e. The topological polar surface area (TPSA) is 49.8 Å². The minimum Gasteiger partial charge on any atom is -0.497 e. The van der Waals surface area contributed by atoms with Crippen LogP contribution in [0.1, 0.15) is 43.5 Å². The lowest BCUT2D eigenvalue weighted by Crippen LogP contribution is -2.29. The molecule has 0 atom stereocenters. The van der Waals surface area contributed by atoms with Gasteiger partial charge in [0.25, 0.3) is 0 Å². The molecule has 0 saturated heterocycles. The van der Waals surface area contributed by atoms with Crippen LogP contribution in [0.15, 0.2) is 18.2 Å². The summed E-state index contributed by atoms with van der Waals surface area (Å²) in [6.45, 7) is 5.28. The Labute approximate surface area is 120 Å². The summed E-state index contributed by atoms with van der Waals surface area (Å²) >= 11 is 0. The van der Waals surface area contributed by atoms with Gasteiger partial charge < -0.3 is 14.7 Å². The van der Waals surface area contributed by atoms with Crippen molar-refractivity contribution < 1.29 is 14.6 Å². The van der Waals surface area contributed by atoms with E-state index in [1.54, 1.807) is 19.2 Å². The number of rotatable bonds is 7. The third-order valence-electron chi connectivity index (χ3n) is 3.68. The van der Waals surface area contributed by atoms with Crippen LogP contribution in [-0.4, -0.2) is 30.8 Å². The van der Waals surface area contributed by atoms with Gasteiger partial charge in [0.15, 0.2) is 0 Å². The molecule has 1 saturated carbocycles. The van der Waals surface area contributed by atoms with E-state index in [1.165, 1.54) is 0 Å². The fourth-order valence-corrected chi connectivity index (χ4v) is 2.34. The minimum atomic E-state index is -0.877. The molecule has 1 aliphatic carbocycles. The molecule has 1 aliphatic rings. The predicted molar refractivity (Wildman–Crippen MR) is 79.8 cm³/mol. The van der Waals surface area contributed by atoms with Crippen LogP contribution >= 0.6 is 0 Å². The monoisotopic (exact) mass is 277 g/mol. The number of hydrogen-bond acceptors (Lipinski definition) is 3. The number of aromatic carboxylic acids is 1. The van der Waals surface area contributed by atoms with Gasteiger partial charge in [-0.25, -0.2) is 4.79 Å². The lowest BCUT2D eigenvalue weighted by Gasteiger charge is -2.27. The SMILES string of the molecule is COc1ccc(C(=O)O)c(N(CCC(C)C)C2CC2)c1. The van der Waals surface area contributed by atoms with Crippen molar-refractivity contribution >= 4 is 11.7 Å². The van der Waals surface area contributed by atoms with E-state index in [0.29, 0.717) is 23.3 Å². The summed E-state index contributed by atoms with van der Waals surface area (Å²) in [7, 11) is 1.61. The summed E-state index contributed by atoms with van der Waals surface area (Å²) in [6.07, 6.45) is 3.36. The average molecular weight is 277 g/mol. The zero-order valence-electron chi connectivity index (χ0n) is 12.4. The second kappa shape index (κ2) is 6.16. The Morgan fingerprint density at radius 3 is 2.65 bits per heavy atom. The van der Waals surface area contributed by atoms with Crippen LogP contribution in [0.2, 0.25) is 0 Å². The molecule has 4 heteroatoms. The van der Waals surface area contributed by atoms with Gasteiger partial charge in [-0.15, -0.1) is 0 Å². The number of hydrogen-bond donors (Lipinski definition) is 1. The van der Waals surface area contributed by atoms with Crippen molar-refractivity contribution in [2.45, 2.75) is 39.2 Å². The lowest BCUT2D eigenvalue weighted by molar-refractivity contribution is 0.0697. The van der Waals surface area contributed by atoms with Crippen LogP contribution in [0, 0.1) is 5.92 Å². The molecule has 0 unspecified atom stereocenters. The average Bonchev–Trinajstić information content (AvgIpc) is 3.22. The highest BCUT2D eigenvalue weighted by Gasteiger charge is 2.31. The first-order valence-electron chi connectivity index (χ1n) is 7.21. The number of anilines is 1. The zero-order chi connectivity index (χ0) is 14.7. The Bertz CT molecular complexity index is 481. The van der Waals surface area contributed by atoms with Crippen LogP contribution in [0.5, 0.6) is 5.75 Å². The van der Waals surface area contributed by atoms with Gasteiger partial charge in [-0.1, -0.05) is 13.8 Å². The number of carbonyl (C=O) groups is 1. The van der Waals surface area contributed by atoms with Gasteiger partial charge in [0.1, 0.15) is 5.75 Å². The molecule has 4 nitrogen and oxygen atoms in total. The second-order valence-electron chi connectivity index (χ2n) is 5.80. The number of carboxylic acids is 1. The van der Waals surface area contributed by atoms with Crippen molar-refractivity contribution in [3.63, 3.8) is 0 Å². The van der Waals surface area contributed by atoms with Crippen LogP contribution in [0.4, 0.5) is 5.69 Å². The maximum Gasteiger partial charge on any atom is 0.337 e. The quantitative estimate of drug-likeness (QED) is 0.829. The minimum absolute atomic E-state index is 0.362. The van der Waals surface area contributed by atoms with Crippen LogP contribution < -0.4 is 9.64 Å². The Kier molecular flexibility index (Phi) is 4.53. The van der Waals surface area contributed by atoms with E-state index in [4.69, 9.17) is 4.74 Å². The molecule has 1 N–H and O–H groups in total. The molecule has 0 aliphatic heterocycles. The zero-order valence-corrected chi connectivity index (χ0v) is 12.4. The lowest BCUT2D eigenvalue weighted by atomic mass is 10.1. The summed E-state index contributed by atoms with van der Waals surface area (Å²) in [6, 6.07) is 5.68. The number of ether oxygens (including phenoxy) is 1. The smallest absolute Gasteiger partial charge is 0.337 e. The number of benzene rings is 1. The van der Waals surface area contributed by atoms with Gasteiger partial charge in [-0.05, 0) is 37.3 Å². The molecule has 2 rings (SSSR count). The molecule has 20 heavy (non-hydrogen) atoms. The molecule has 0 amide bonds. The van der Waals surface area contributed by atoms with Crippen LogP contribution in [0.3, 0.4) is 0 Å². The van der Waals surface area contributed by atoms with Crippen molar-refractivity contribution in [2.24, 2.45) is 5.92 Å². The highest BCUT2D eigenvalue weighted by molar-refractivity contribution is 5.95. The van der Waals surface area contributed by atoms with Crippen molar-refractivity contribution in [3.05, 3.63) is 23.8 Å². The van der Waals surface area contributed by atoms with E-state index in [2.05, 4.69) is 18.7 Å². The molecule has 1 aromatic rings. The highest BCUT2D eigenvalue weighted by Crippen LogP contribution is 2.36. The first-order chi connectivity index (χ1) is 9.52. The molecule has 0 spiro atoms. The standard InChI is InChI=1S/C16H23NO3/c1-11(2)8-9-17(12-4-5-12)15-10-13(20-3)6-7-14(15)16(18)19/h6-7,10-12H,4-5,8-9H2,1-3H3,(H,18,19). The molecule has 0 heterocycles. The van der Waals surface area contributed by atoms with Gasteiger partial charge in [0.05, 0.1) is 18.4 Å². The first-order valence-corrected chi connectivity index (χ1v) is 7.21. The first kappa shape index (κ1) is 14.7. The number of carboxylic acid groups (broad SMARTS) is 1. The second-order valence-corrected chi connectivity index (χ2v) is 5.80. The third-order valence-corrected chi connectivity index (χ3v) is 3.68. The van der Waals surface area contributed by atoms with E-state index < -0.39 is 5.97 Å². The van der Waals surface area contributed by atoms with Gasteiger partial charge in [0, 0.05) is 18.7 Å². The van der Waals surface area contributed by atoms with Crippen molar-refractivity contribution in [2.75, 3.05) is 18.6 Å². The van der Waals surface area contributed by atoms with Crippen molar-refractivity contribution in [1.29, 1.82) is 0 Å². The molecular weight excluding hydrogens is 254 g/mol. The van der Waals surface area contributed by atoms with Crippen LogP contribution in [0.25, 0.3) is 0 Å². The summed E-state index contributed by atoms with van der Waals surface area (Å²) in [5.74, 6) is 0.438. The summed E-state index contributed by atoms with van der Waals surface area (Å²) in [5.41, 5.74) is 1.15. The predicted octanol–water partition coefficient (Wildman–Crippen LogP) is 3.41. The van der Waals surface area contributed by atoms with Crippen molar-refractivity contribution in [1.82, 2.24) is 0 Å².